The number of hydrogen-bond donors (Lipinski definition) is 1. The van der Waals surface area contributed by atoms with Gasteiger partial charge in [0.1, 0.15) is 0 Å². The monoisotopic (exact) mass is 291 g/mol. The molecule has 7 nitrogen and oxygen atoms in total. The predicted molar refractivity (Wildman–Crippen MR) is 69.7 cm³/mol. The lowest BCUT2D eigenvalue weighted by atomic mass is 10.3. The van der Waals surface area contributed by atoms with Gasteiger partial charge in [0.15, 0.2) is 0 Å². The largest absolute Gasteiger partial charge is 0.373 e. The number of amides is 1. The Labute approximate surface area is 114 Å². The van der Waals surface area contributed by atoms with Crippen LogP contribution in [0.25, 0.3) is 0 Å². The van der Waals surface area contributed by atoms with E-state index in [2.05, 4.69) is 5.32 Å². The Kier molecular flexibility index (Phi) is 4.44. The topological polar surface area (TPSA) is 79.0 Å². The summed E-state index contributed by atoms with van der Waals surface area (Å²) in [5, 5.41) is 2.68. The minimum absolute atomic E-state index is 0.0948. The van der Waals surface area contributed by atoms with Gasteiger partial charge in [-0.15, -0.1) is 0 Å². The number of carbonyl (C=O) groups is 1. The number of nitrogens with zero attached hydrogens (tertiary/aromatic N) is 2. The minimum Gasteiger partial charge on any atom is -0.373 e. The number of ether oxygens (including phenoxy) is 1. The highest BCUT2D eigenvalue weighted by Gasteiger charge is 2.36. The van der Waals surface area contributed by atoms with Crippen LogP contribution in [0.4, 0.5) is 0 Å². The Morgan fingerprint density at radius 1 is 1.21 bits per heavy atom. The molecule has 0 aromatic rings. The molecule has 2 fully saturated rings. The zero-order valence-corrected chi connectivity index (χ0v) is 12.1. The Hall–Kier alpha value is -0.700. The Morgan fingerprint density at radius 2 is 1.84 bits per heavy atom. The average Bonchev–Trinajstić information content (AvgIpc) is 2.53. The van der Waals surface area contributed by atoms with Gasteiger partial charge in [-0.2, -0.15) is 17.0 Å². The van der Waals surface area contributed by atoms with Gasteiger partial charge in [0.2, 0.25) is 5.91 Å². The fraction of sp³-hybridized carbons (Fsp3) is 0.909. The molecule has 2 heterocycles. The Bertz CT molecular complexity index is 429. The second kappa shape index (κ2) is 5.74. The van der Waals surface area contributed by atoms with E-state index in [1.807, 2.05) is 13.8 Å². The lowest BCUT2D eigenvalue weighted by Gasteiger charge is -2.36. The summed E-state index contributed by atoms with van der Waals surface area (Å²) in [4.78, 5) is 11.5. The lowest BCUT2D eigenvalue weighted by molar-refractivity contribution is -0.120. The van der Waals surface area contributed by atoms with Gasteiger partial charge >= 0.3 is 0 Å². The highest BCUT2D eigenvalue weighted by atomic mass is 32.2. The molecule has 2 aliphatic heterocycles. The van der Waals surface area contributed by atoms with E-state index in [0.717, 1.165) is 0 Å². The van der Waals surface area contributed by atoms with E-state index in [1.165, 1.54) is 8.61 Å². The molecule has 19 heavy (non-hydrogen) atoms. The molecule has 0 aromatic carbocycles. The van der Waals surface area contributed by atoms with Crippen LogP contribution < -0.4 is 5.32 Å². The third-order valence-electron chi connectivity index (χ3n) is 3.27. The maximum absolute atomic E-state index is 12.5. The first-order valence-electron chi connectivity index (χ1n) is 6.57. The molecule has 2 unspecified atom stereocenters. The molecule has 0 spiro atoms. The van der Waals surface area contributed by atoms with Crippen molar-refractivity contribution in [3.8, 4) is 0 Å². The standard InChI is InChI=1S/C11H21N3O4S/c1-9-6-14(7-10(2)18-9)19(16,17)13-5-3-4-12-11(15)8-13/h9-10H,3-8H2,1-2H3,(H,12,15). The Morgan fingerprint density at radius 3 is 2.47 bits per heavy atom. The van der Waals surface area contributed by atoms with Gasteiger partial charge in [0, 0.05) is 26.2 Å². The second-order valence-corrected chi connectivity index (χ2v) is 7.05. The van der Waals surface area contributed by atoms with Crippen LogP contribution >= 0.6 is 0 Å². The third-order valence-corrected chi connectivity index (χ3v) is 5.18. The SMILES string of the molecule is CC1CN(S(=O)(=O)N2CCCNC(=O)C2)CC(C)O1. The fourth-order valence-electron chi connectivity index (χ4n) is 2.46. The van der Waals surface area contributed by atoms with Crippen LogP contribution in [0.1, 0.15) is 20.3 Å². The molecule has 2 aliphatic rings. The Balaban J connectivity index is 2.13. The van der Waals surface area contributed by atoms with E-state index >= 15 is 0 Å². The summed E-state index contributed by atoms with van der Waals surface area (Å²) in [5.41, 5.74) is 0. The van der Waals surface area contributed by atoms with E-state index < -0.39 is 10.2 Å². The second-order valence-electron chi connectivity index (χ2n) is 5.12. The van der Waals surface area contributed by atoms with Crippen LogP contribution in [0.2, 0.25) is 0 Å². The molecule has 0 aromatic heterocycles. The summed E-state index contributed by atoms with van der Waals surface area (Å²) in [7, 11) is -3.58. The third kappa shape index (κ3) is 3.44. The van der Waals surface area contributed by atoms with Crippen molar-refractivity contribution in [3.05, 3.63) is 0 Å². The number of carbonyl (C=O) groups excluding carboxylic acids is 1. The van der Waals surface area contributed by atoms with Crippen molar-refractivity contribution in [3.63, 3.8) is 0 Å². The number of morpholine rings is 1. The minimum atomic E-state index is -3.58. The molecule has 1 N–H and O–H groups in total. The van der Waals surface area contributed by atoms with Crippen LogP contribution in [0.15, 0.2) is 0 Å². The van der Waals surface area contributed by atoms with E-state index in [4.69, 9.17) is 4.74 Å². The first-order chi connectivity index (χ1) is 8.89. The molecule has 1 amide bonds. The molecule has 0 aliphatic carbocycles. The molecule has 2 saturated heterocycles. The molecular weight excluding hydrogens is 270 g/mol. The maximum Gasteiger partial charge on any atom is 0.282 e. The van der Waals surface area contributed by atoms with Crippen molar-refractivity contribution in [1.82, 2.24) is 13.9 Å². The smallest absolute Gasteiger partial charge is 0.282 e. The average molecular weight is 291 g/mol. The van der Waals surface area contributed by atoms with Crippen LogP contribution in [-0.2, 0) is 19.7 Å². The van der Waals surface area contributed by atoms with Crippen molar-refractivity contribution in [2.75, 3.05) is 32.7 Å². The van der Waals surface area contributed by atoms with Crippen molar-refractivity contribution < 1.29 is 17.9 Å². The maximum atomic E-state index is 12.5. The van der Waals surface area contributed by atoms with Crippen molar-refractivity contribution in [2.45, 2.75) is 32.5 Å². The zero-order chi connectivity index (χ0) is 14.0. The fourth-order valence-corrected chi connectivity index (χ4v) is 4.22. The highest BCUT2D eigenvalue weighted by molar-refractivity contribution is 7.86. The molecule has 8 heteroatoms. The summed E-state index contributed by atoms with van der Waals surface area (Å²) >= 11 is 0. The van der Waals surface area contributed by atoms with E-state index in [1.54, 1.807) is 0 Å². The molecular formula is C11H21N3O4S. The molecule has 2 rings (SSSR count). The van der Waals surface area contributed by atoms with E-state index in [9.17, 15) is 13.2 Å². The van der Waals surface area contributed by atoms with Gasteiger partial charge < -0.3 is 10.1 Å². The molecule has 2 atom stereocenters. The van der Waals surface area contributed by atoms with Gasteiger partial charge in [-0.25, -0.2) is 0 Å². The van der Waals surface area contributed by atoms with E-state index in [0.29, 0.717) is 32.6 Å². The van der Waals surface area contributed by atoms with Crippen LogP contribution in [0.3, 0.4) is 0 Å². The van der Waals surface area contributed by atoms with E-state index in [-0.39, 0.29) is 24.7 Å². The quantitative estimate of drug-likeness (QED) is 0.720. The lowest BCUT2D eigenvalue weighted by Crippen LogP contribution is -2.54. The van der Waals surface area contributed by atoms with Crippen LogP contribution in [0.5, 0.6) is 0 Å². The van der Waals surface area contributed by atoms with Gasteiger partial charge in [-0.1, -0.05) is 0 Å². The van der Waals surface area contributed by atoms with Gasteiger partial charge in [-0.3, -0.25) is 4.79 Å². The van der Waals surface area contributed by atoms with Gasteiger partial charge in [-0.05, 0) is 20.3 Å². The van der Waals surface area contributed by atoms with Crippen molar-refractivity contribution in [2.24, 2.45) is 0 Å². The predicted octanol–water partition coefficient (Wildman–Crippen LogP) is -0.838. The highest BCUT2D eigenvalue weighted by Crippen LogP contribution is 2.18. The summed E-state index contributed by atoms with van der Waals surface area (Å²) in [6, 6.07) is 0. The zero-order valence-electron chi connectivity index (χ0n) is 11.3. The van der Waals surface area contributed by atoms with Gasteiger partial charge in [0.05, 0.1) is 18.8 Å². The summed E-state index contributed by atoms with van der Waals surface area (Å²) in [6.07, 6.45) is 0.388. The first-order valence-corrected chi connectivity index (χ1v) is 7.96. The molecule has 110 valence electrons. The number of hydrogen-bond acceptors (Lipinski definition) is 4. The molecule has 0 saturated carbocycles. The summed E-state index contributed by atoms with van der Waals surface area (Å²) in [5.74, 6) is -0.240. The first kappa shape index (κ1) is 14.7. The van der Waals surface area contributed by atoms with Gasteiger partial charge in [0.25, 0.3) is 10.2 Å². The van der Waals surface area contributed by atoms with Crippen LogP contribution in [-0.4, -0.2) is 67.9 Å². The number of rotatable bonds is 2. The summed E-state index contributed by atoms with van der Waals surface area (Å²) < 4.78 is 33.3. The normalized spacial score (nSPS) is 31.8. The molecule has 0 radical (unpaired) electrons. The molecule has 0 bridgehead atoms. The van der Waals surface area contributed by atoms with Crippen molar-refractivity contribution in [1.29, 1.82) is 0 Å². The summed E-state index contributed by atoms with van der Waals surface area (Å²) in [6.45, 7) is 5.20. The van der Waals surface area contributed by atoms with Crippen LogP contribution in [0, 0.1) is 0 Å². The van der Waals surface area contributed by atoms with Crippen molar-refractivity contribution >= 4 is 16.1 Å². The number of nitrogens with one attached hydrogen (secondary N) is 1.